The number of hydrogen-bond acceptors (Lipinski definition) is 16. The van der Waals surface area contributed by atoms with E-state index in [2.05, 4.69) is 37.5 Å². The van der Waals surface area contributed by atoms with Gasteiger partial charge in [-0.15, -0.1) is 9.18 Å². The van der Waals surface area contributed by atoms with Crippen molar-refractivity contribution in [2.24, 2.45) is 0 Å². The Balaban J connectivity index is 0.000000332. The fourth-order valence-electron chi connectivity index (χ4n) is 7.94. The Morgan fingerprint density at radius 2 is 1.00 bits per heavy atom. The van der Waals surface area contributed by atoms with E-state index in [4.69, 9.17) is 29.1 Å². The van der Waals surface area contributed by atoms with Crippen molar-refractivity contribution >= 4 is 84.4 Å². The number of ketones is 2. The molecule has 80 heavy (non-hydrogen) atoms. The highest BCUT2D eigenvalue weighted by molar-refractivity contribution is 7.15. The molecule has 0 spiro atoms. The van der Waals surface area contributed by atoms with Gasteiger partial charge in [0.25, 0.3) is 0 Å². The lowest BCUT2D eigenvalue weighted by molar-refractivity contribution is -0.141. The second kappa shape index (κ2) is 36.3. The van der Waals surface area contributed by atoms with Gasteiger partial charge in [0.1, 0.15) is 41.8 Å². The van der Waals surface area contributed by atoms with Gasteiger partial charge in [0.15, 0.2) is 11.6 Å². The number of aldehydes is 1. The zero-order valence-electron chi connectivity index (χ0n) is 47.2. The number of ether oxygens (including phenoxy) is 4. The number of fused-ring (bicyclic) bond motifs is 2. The van der Waals surface area contributed by atoms with Crippen LogP contribution < -0.4 is 21.1 Å². The number of hydrogen-bond donors (Lipinski definition) is 1. The average Bonchev–Trinajstić information content (AvgIpc) is 3.47. The van der Waals surface area contributed by atoms with Crippen LogP contribution in [-0.4, -0.2) is 115 Å². The summed E-state index contributed by atoms with van der Waals surface area (Å²) >= 11 is 0. The predicted octanol–water partition coefficient (Wildman–Crippen LogP) is 10.3. The maximum Gasteiger partial charge on any atom is 0.347 e. The van der Waals surface area contributed by atoms with Crippen LogP contribution >= 0.6 is 9.18 Å². The summed E-state index contributed by atoms with van der Waals surface area (Å²) in [5, 5.41) is 10.6. The summed E-state index contributed by atoms with van der Waals surface area (Å²) in [5.74, 6) is -1.83. The molecule has 0 aliphatic carbocycles. The van der Waals surface area contributed by atoms with Crippen LogP contribution in [0.2, 0.25) is 0 Å². The molecule has 16 nitrogen and oxygen atoms in total. The van der Waals surface area contributed by atoms with Crippen molar-refractivity contribution in [1.82, 2.24) is 0 Å². The SMILES string of the molecule is CCN(CC)c1ccc2cc(C(=O)CCCOCCOC(=O)C(/C=C/c3ccccc3)=C/C=O)c(=O)oc2c1.CCN(CC)c1ccc2cc(C(=O)CCCOCCOC(=O)C(/C=C/c3ccccc3)=C/CO)c(=O)oc2c1.[2H]PC. The number of aliphatic hydroxyl groups excluding tert-OH is 1. The van der Waals surface area contributed by atoms with Crippen LogP contribution in [0.1, 0.15) is 85.2 Å². The monoisotopic (exact) mass is 1110 g/mol. The first-order chi connectivity index (χ1) is 39.3. The van der Waals surface area contributed by atoms with Gasteiger partial charge in [-0.3, -0.25) is 14.4 Å². The van der Waals surface area contributed by atoms with Crippen molar-refractivity contribution in [3.63, 3.8) is 0 Å². The van der Waals surface area contributed by atoms with Gasteiger partial charge in [-0.25, -0.2) is 19.2 Å². The molecule has 6 rings (SSSR count). The van der Waals surface area contributed by atoms with Gasteiger partial charge < -0.3 is 42.7 Å². The van der Waals surface area contributed by atoms with Gasteiger partial charge in [-0.2, -0.15) is 0 Å². The minimum absolute atomic E-state index is 0.00804. The Kier molecular flexibility index (Phi) is 28.6. The molecule has 6 aromatic rings. The molecule has 1 N–H and O–H groups in total. The summed E-state index contributed by atoms with van der Waals surface area (Å²) in [7, 11) is 0.333. The molecule has 1 unspecified atom stereocenters. The zero-order chi connectivity index (χ0) is 58.8. The van der Waals surface area contributed by atoms with E-state index < -0.39 is 23.2 Å². The van der Waals surface area contributed by atoms with Gasteiger partial charge in [0, 0.05) is 86.5 Å². The Hall–Kier alpha value is -7.88. The third-order valence-electron chi connectivity index (χ3n) is 12.1. The molecular weight excluding hydrogens is 1040 g/mol. The van der Waals surface area contributed by atoms with E-state index in [-0.39, 0.29) is 92.9 Å². The Labute approximate surface area is 470 Å². The summed E-state index contributed by atoms with van der Waals surface area (Å²) in [4.78, 5) is 89.9. The van der Waals surface area contributed by atoms with Crippen LogP contribution in [0.3, 0.4) is 0 Å². The van der Waals surface area contributed by atoms with E-state index >= 15 is 0 Å². The lowest BCUT2D eigenvalue weighted by Crippen LogP contribution is -2.21. The summed E-state index contributed by atoms with van der Waals surface area (Å²) in [6.07, 6.45) is 10.7. The number of aliphatic hydroxyl groups is 1. The van der Waals surface area contributed by atoms with Crippen molar-refractivity contribution in [1.29, 1.82) is 1.28 Å². The minimum atomic E-state index is -0.655. The molecule has 17 heteroatoms. The number of carbonyl (C=O) groups is 5. The number of esters is 2. The first-order valence-corrected chi connectivity index (χ1v) is 27.6. The lowest BCUT2D eigenvalue weighted by Gasteiger charge is -2.20. The Bertz CT molecular complexity index is 3200. The molecule has 2 heterocycles. The van der Waals surface area contributed by atoms with Gasteiger partial charge in [-0.05, 0) is 112 Å². The van der Waals surface area contributed by atoms with Crippen molar-refractivity contribution in [3.8, 4) is 0 Å². The maximum atomic E-state index is 12.6. The van der Waals surface area contributed by atoms with E-state index in [0.717, 1.165) is 54.8 Å². The summed E-state index contributed by atoms with van der Waals surface area (Å²) in [6, 6.07) is 33.2. The number of benzene rings is 4. The van der Waals surface area contributed by atoms with Crippen molar-refractivity contribution < 1.29 is 56.9 Å². The number of rotatable bonds is 30. The van der Waals surface area contributed by atoms with Gasteiger partial charge in [0.2, 0.25) is 0 Å². The fraction of sp³-hybridized carbons (Fsp3) is 0.317. The van der Waals surface area contributed by atoms with E-state index in [1.807, 2.05) is 104 Å². The molecule has 424 valence electrons. The van der Waals surface area contributed by atoms with E-state index in [1.54, 1.807) is 30.4 Å². The standard InChI is InChI=1S/C31H35NO7.C31H33NO7.CH5P/c2*1-3-32(4-2)26-15-14-25-21-27(31(36)39-29(25)22-26)28(34)11-8-18-37-19-20-38-30(35)24(16-17-33)13-12-23-9-6-5-7-10-23;1-2/h5-7,9-10,12-16,21-22,33H,3-4,8,11,17-20H2,1-2H3;5-7,9-10,12-17,21-22H,3-4,8,11,18-20H2,1-2H3;2H2,1H3/b2*13-12+,24-16+;/i;;2D. The van der Waals surface area contributed by atoms with Crippen LogP contribution in [-0.2, 0) is 33.3 Å². The highest BCUT2D eigenvalue weighted by atomic mass is 31.0. The first kappa shape index (κ1) is 63.0. The van der Waals surface area contributed by atoms with Crippen molar-refractivity contribution in [2.75, 3.05) is 88.9 Å². The largest absolute Gasteiger partial charge is 0.460 e. The number of nitrogens with zero attached hydrogens (tertiary/aromatic N) is 2. The number of anilines is 2. The number of Topliss-reactive ketones (excluding diaryl/α,β-unsaturated/α-hetero) is 2. The number of carbonyl (C=O) groups excluding carboxylic acids is 5. The van der Waals surface area contributed by atoms with Crippen LogP contribution in [0, 0.1) is 0 Å². The molecule has 4 aromatic carbocycles. The summed E-state index contributed by atoms with van der Waals surface area (Å²) in [5.41, 5.74) is 3.71. The Morgan fingerprint density at radius 1 is 0.588 bits per heavy atom. The molecule has 0 aliphatic heterocycles. The molecule has 0 saturated heterocycles. The quantitative estimate of drug-likeness (QED) is 0.00650. The molecule has 2 aromatic heterocycles. The second-order valence-electron chi connectivity index (χ2n) is 17.3. The molecular formula is C63H73N2O14P. The summed E-state index contributed by atoms with van der Waals surface area (Å²) in [6.45, 7) is 13.9. The third-order valence-corrected chi connectivity index (χ3v) is 12.1. The summed E-state index contributed by atoms with van der Waals surface area (Å²) < 4.78 is 38.4. The topological polar surface area (TPSA) is 209 Å². The van der Waals surface area contributed by atoms with Gasteiger partial charge in [-0.1, -0.05) is 79.5 Å². The van der Waals surface area contributed by atoms with Gasteiger partial charge in [0.05, 0.1) is 32.2 Å². The molecule has 0 aliphatic rings. The highest BCUT2D eigenvalue weighted by Crippen LogP contribution is 2.24. The van der Waals surface area contributed by atoms with Crippen LogP contribution in [0.25, 0.3) is 34.1 Å². The zero-order valence-corrected chi connectivity index (χ0v) is 47.2. The average molecular weight is 1110 g/mol. The van der Waals surface area contributed by atoms with Crippen LogP contribution in [0.4, 0.5) is 11.4 Å². The number of allylic oxidation sites excluding steroid dienone is 1. The van der Waals surface area contributed by atoms with Gasteiger partial charge >= 0.3 is 23.2 Å². The normalized spacial score (nSPS) is 11.8. The van der Waals surface area contributed by atoms with E-state index in [9.17, 15) is 38.7 Å². The first-order valence-electron chi connectivity index (χ1n) is 27.1. The maximum absolute atomic E-state index is 12.6. The lowest BCUT2D eigenvalue weighted by atomic mass is 10.1. The minimum Gasteiger partial charge on any atom is -0.460 e. The smallest absolute Gasteiger partial charge is 0.347 e. The third kappa shape index (κ3) is 21.1. The second-order valence-corrected chi connectivity index (χ2v) is 17.3. The fourth-order valence-corrected chi connectivity index (χ4v) is 7.94. The highest BCUT2D eigenvalue weighted by Gasteiger charge is 2.17. The Morgan fingerprint density at radius 3 is 1.40 bits per heavy atom. The molecule has 0 amide bonds. The predicted molar refractivity (Wildman–Crippen MR) is 319 cm³/mol. The van der Waals surface area contributed by atoms with Crippen molar-refractivity contribution in [2.45, 2.75) is 53.4 Å². The van der Waals surface area contributed by atoms with E-state index in [1.165, 1.54) is 12.2 Å². The molecule has 1 atom stereocenters. The molecule has 0 bridgehead atoms. The van der Waals surface area contributed by atoms with E-state index in [0.29, 0.717) is 50.3 Å². The van der Waals surface area contributed by atoms with Crippen LogP contribution in [0.5, 0.6) is 0 Å². The molecule has 0 saturated carbocycles. The molecule has 0 radical (unpaired) electrons. The molecule has 0 fully saturated rings. The van der Waals surface area contributed by atoms with Crippen molar-refractivity contribution in [3.05, 3.63) is 188 Å². The van der Waals surface area contributed by atoms with Crippen LogP contribution in [0.15, 0.2) is 163 Å².